The molecule has 31 heavy (non-hydrogen) atoms. The summed E-state index contributed by atoms with van der Waals surface area (Å²) < 4.78 is 5.18. The van der Waals surface area contributed by atoms with Crippen molar-refractivity contribution in [2.75, 3.05) is 0 Å². The number of rotatable bonds is 8. The minimum Gasteiger partial charge on any atom is -0.507 e. The number of Topliss-reactive ketones (excluding diaryl/α,β-unsaturated/α-hetero) is 1. The summed E-state index contributed by atoms with van der Waals surface area (Å²) in [6.45, 7) is 13.6. The molecule has 4 heteroatoms. The summed E-state index contributed by atoms with van der Waals surface area (Å²) in [6, 6.07) is 1.71. The summed E-state index contributed by atoms with van der Waals surface area (Å²) in [5.41, 5.74) is 3.34. The van der Waals surface area contributed by atoms with E-state index in [2.05, 4.69) is 45.9 Å². The normalized spacial score (nSPS) is 19.5. The molecule has 168 valence electrons. The van der Waals surface area contributed by atoms with Gasteiger partial charge in [-0.1, -0.05) is 34.9 Å². The van der Waals surface area contributed by atoms with Gasteiger partial charge >= 0.3 is 5.63 Å². The van der Waals surface area contributed by atoms with Crippen LogP contribution in [0.25, 0.3) is 5.76 Å². The zero-order valence-corrected chi connectivity index (χ0v) is 20.0. The van der Waals surface area contributed by atoms with Gasteiger partial charge in [0.05, 0.1) is 5.41 Å². The molecule has 0 saturated heterocycles. The highest BCUT2D eigenvalue weighted by molar-refractivity contribution is 6.10. The highest BCUT2D eigenvalue weighted by Crippen LogP contribution is 2.41. The highest BCUT2D eigenvalue weighted by atomic mass is 16.4. The predicted octanol–water partition coefficient (Wildman–Crippen LogP) is 6.89. The number of carbonyl (C=O) groups excluding carboxylic acids is 1. The molecule has 1 aromatic heterocycles. The summed E-state index contributed by atoms with van der Waals surface area (Å²) in [4.78, 5) is 25.5. The summed E-state index contributed by atoms with van der Waals surface area (Å²) in [5, 5.41) is 10.4. The summed E-state index contributed by atoms with van der Waals surface area (Å²) in [5.74, 6) is 0.0202. The molecule has 0 radical (unpaired) electrons. The van der Waals surface area contributed by atoms with E-state index in [1.807, 2.05) is 6.92 Å². The van der Waals surface area contributed by atoms with Crippen molar-refractivity contribution in [1.29, 1.82) is 0 Å². The van der Waals surface area contributed by atoms with Gasteiger partial charge in [0, 0.05) is 5.57 Å². The number of aliphatic hydroxyl groups excluding tert-OH is 1. The van der Waals surface area contributed by atoms with Crippen molar-refractivity contribution in [3.8, 4) is 0 Å². The Morgan fingerprint density at radius 1 is 1.00 bits per heavy atom. The Hall–Kier alpha value is -2.62. The lowest BCUT2D eigenvalue weighted by Gasteiger charge is -2.33. The van der Waals surface area contributed by atoms with E-state index in [0.29, 0.717) is 17.7 Å². The Morgan fingerprint density at radius 2 is 1.58 bits per heavy atom. The molecule has 1 aliphatic carbocycles. The van der Waals surface area contributed by atoms with Crippen LogP contribution in [0.3, 0.4) is 0 Å². The van der Waals surface area contributed by atoms with E-state index in [-0.39, 0.29) is 22.7 Å². The van der Waals surface area contributed by atoms with Crippen LogP contribution in [0, 0.1) is 6.92 Å². The number of ketones is 1. The maximum atomic E-state index is 13.1. The van der Waals surface area contributed by atoms with Gasteiger partial charge in [0.15, 0.2) is 5.78 Å². The number of allylic oxidation sites excluding steroid dienone is 7. The first-order valence-corrected chi connectivity index (χ1v) is 11.0. The van der Waals surface area contributed by atoms with E-state index in [1.54, 1.807) is 19.9 Å². The lowest BCUT2D eigenvalue weighted by atomic mass is 9.68. The number of aliphatic hydroxyl groups is 1. The molecule has 4 nitrogen and oxygen atoms in total. The van der Waals surface area contributed by atoms with E-state index >= 15 is 0 Å². The number of carbonyl (C=O) groups is 1. The second kappa shape index (κ2) is 10.1. The van der Waals surface area contributed by atoms with E-state index in [4.69, 9.17) is 4.42 Å². The zero-order chi connectivity index (χ0) is 23.3. The number of fused-ring (bicyclic) bond motifs is 1. The molecule has 1 aromatic rings. The van der Waals surface area contributed by atoms with Crippen LogP contribution in [0.5, 0.6) is 0 Å². The second-order valence-corrected chi connectivity index (χ2v) is 9.23. The summed E-state index contributed by atoms with van der Waals surface area (Å²) >= 11 is 0. The van der Waals surface area contributed by atoms with E-state index < -0.39 is 11.0 Å². The van der Waals surface area contributed by atoms with Gasteiger partial charge in [0.2, 0.25) is 0 Å². The first-order valence-electron chi connectivity index (χ1n) is 11.0. The molecule has 0 aromatic carbocycles. The summed E-state index contributed by atoms with van der Waals surface area (Å²) in [6.07, 6.45) is 11.2. The largest absolute Gasteiger partial charge is 0.507 e. The smallest absolute Gasteiger partial charge is 0.347 e. The van der Waals surface area contributed by atoms with E-state index in [9.17, 15) is 14.7 Å². The van der Waals surface area contributed by atoms with Crippen molar-refractivity contribution >= 4 is 11.5 Å². The molecule has 0 bridgehead atoms. The van der Waals surface area contributed by atoms with Crippen molar-refractivity contribution in [2.24, 2.45) is 0 Å². The van der Waals surface area contributed by atoms with Crippen LogP contribution in [0.1, 0.15) is 90.5 Å². The van der Waals surface area contributed by atoms with Crippen LogP contribution >= 0.6 is 0 Å². The van der Waals surface area contributed by atoms with Crippen LogP contribution in [-0.2, 0) is 10.2 Å². The Kier molecular flexibility index (Phi) is 8.05. The minimum absolute atomic E-state index is 0.117. The van der Waals surface area contributed by atoms with Crippen LogP contribution in [-0.4, -0.2) is 10.9 Å². The third-order valence-corrected chi connectivity index (χ3v) is 6.08. The molecule has 0 spiro atoms. The fourth-order valence-corrected chi connectivity index (χ4v) is 4.02. The fraction of sp³-hybridized carbons (Fsp3) is 0.481. The molecule has 0 unspecified atom stereocenters. The highest BCUT2D eigenvalue weighted by Gasteiger charge is 2.43. The van der Waals surface area contributed by atoms with Crippen LogP contribution in [0.15, 0.2) is 55.8 Å². The van der Waals surface area contributed by atoms with Gasteiger partial charge in [0.1, 0.15) is 17.1 Å². The lowest BCUT2D eigenvalue weighted by molar-refractivity contribution is -0.120. The average molecular weight is 425 g/mol. The van der Waals surface area contributed by atoms with Crippen molar-refractivity contribution in [3.63, 3.8) is 0 Å². The molecule has 2 rings (SSSR count). The molecule has 0 fully saturated rings. The standard InChI is InChI=1S/C27H36O4/c1-17(2)10-8-11-18(3)12-9-13-19(4)14-15-27(7)22-16-20(5)31-26(30)23(22)24(28)21(6)25(27)29/h10,12,14,16,28H,8-9,11,13,15H2,1-7H3/b18-12+,19-14+/t27-/m0/s1. The maximum absolute atomic E-state index is 13.1. The predicted molar refractivity (Wildman–Crippen MR) is 127 cm³/mol. The van der Waals surface area contributed by atoms with E-state index in [1.165, 1.54) is 16.7 Å². The maximum Gasteiger partial charge on any atom is 0.347 e. The van der Waals surface area contributed by atoms with Crippen LogP contribution < -0.4 is 5.63 Å². The molecule has 1 N–H and O–H groups in total. The van der Waals surface area contributed by atoms with Crippen molar-refractivity contribution in [1.82, 2.24) is 0 Å². The topological polar surface area (TPSA) is 67.5 Å². The Labute approximate surface area is 186 Å². The Balaban J connectivity index is 2.17. The first-order chi connectivity index (χ1) is 14.5. The van der Waals surface area contributed by atoms with Gasteiger partial charge in [-0.2, -0.15) is 0 Å². The van der Waals surface area contributed by atoms with Crippen molar-refractivity contribution in [2.45, 2.75) is 86.0 Å². The third kappa shape index (κ3) is 5.75. The molecule has 0 amide bonds. The van der Waals surface area contributed by atoms with Gasteiger partial charge < -0.3 is 9.52 Å². The summed E-state index contributed by atoms with van der Waals surface area (Å²) in [7, 11) is 0. The zero-order valence-electron chi connectivity index (χ0n) is 20.0. The van der Waals surface area contributed by atoms with Crippen molar-refractivity contribution < 1.29 is 14.3 Å². The minimum atomic E-state index is -0.899. The van der Waals surface area contributed by atoms with Gasteiger partial charge in [-0.3, -0.25) is 4.79 Å². The fourth-order valence-electron chi connectivity index (χ4n) is 4.02. The molecule has 0 saturated carbocycles. The average Bonchev–Trinajstić information content (AvgIpc) is 2.68. The van der Waals surface area contributed by atoms with Crippen LogP contribution in [0.2, 0.25) is 0 Å². The number of aryl methyl sites for hydroxylation is 1. The molecule has 1 atom stereocenters. The number of hydrogen-bond acceptors (Lipinski definition) is 4. The number of hydrogen-bond donors (Lipinski definition) is 1. The Bertz CT molecular complexity index is 1030. The van der Waals surface area contributed by atoms with Gasteiger partial charge in [-0.05, 0) is 92.2 Å². The second-order valence-electron chi connectivity index (χ2n) is 9.23. The monoisotopic (exact) mass is 424 g/mol. The lowest BCUT2D eigenvalue weighted by Crippen LogP contribution is -2.39. The molecule has 0 aliphatic heterocycles. The van der Waals surface area contributed by atoms with E-state index in [0.717, 1.165) is 25.7 Å². The van der Waals surface area contributed by atoms with Crippen molar-refractivity contribution in [3.05, 3.63) is 73.9 Å². The quantitative estimate of drug-likeness (QED) is 0.462. The Morgan fingerprint density at radius 3 is 2.19 bits per heavy atom. The van der Waals surface area contributed by atoms with Gasteiger partial charge in [0.25, 0.3) is 0 Å². The molecular formula is C27H36O4. The van der Waals surface area contributed by atoms with Gasteiger partial charge in [-0.25, -0.2) is 4.79 Å². The molecular weight excluding hydrogens is 388 g/mol. The SMILES string of the molecule is CC(C)=CCC/C(C)=C/CC/C(C)=C/C[C@]1(C)C(=O)C(C)=C(O)c2c1cc(C)oc2=O. The third-order valence-electron chi connectivity index (χ3n) is 6.08. The molecule has 1 aliphatic rings. The first kappa shape index (κ1) is 24.6. The van der Waals surface area contributed by atoms with Crippen LogP contribution in [0.4, 0.5) is 0 Å². The van der Waals surface area contributed by atoms with Gasteiger partial charge in [-0.15, -0.1) is 0 Å². The molecule has 1 heterocycles.